The number of piperidine rings is 2. The highest BCUT2D eigenvalue weighted by Gasteiger charge is 2.26. The zero-order valence-corrected chi connectivity index (χ0v) is 18.4. The van der Waals surface area contributed by atoms with Gasteiger partial charge in [0.25, 0.3) is 0 Å². The van der Waals surface area contributed by atoms with Gasteiger partial charge in [0.05, 0.1) is 6.26 Å². The number of benzene rings is 1. The van der Waals surface area contributed by atoms with Crippen LogP contribution in [0.5, 0.6) is 5.75 Å². The smallest absolute Gasteiger partial charge is 0.211 e. The number of sulfonamides is 1. The first-order chi connectivity index (χ1) is 14.0. The van der Waals surface area contributed by atoms with Crippen LogP contribution in [-0.4, -0.2) is 75.2 Å². The summed E-state index contributed by atoms with van der Waals surface area (Å²) in [6.45, 7) is 6.75. The summed E-state index contributed by atoms with van der Waals surface area (Å²) in [6, 6.07) is 10.0. The summed E-state index contributed by atoms with van der Waals surface area (Å²) in [6.07, 6.45) is 5.25. The number of hydrogen-bond donors (Lipinski definition) is 1. The summed E-state index contributed by atoms with van der Waals surface area (Å²) in [5.74, 6) is 2.35. The first kappa shape index (κ1) is 21.9. The minimum absolute atomic E-state index is 0.247. The third-order valence-corrected chi connectivity index (χ3v) is 6.97. The quantitative estimate of drug-likeness (QED) is 0.562. The Bertz CT molecular complexity index is 753. The fraction of sp³-hybridized carbons (Fsp3) is 0.667. The molecule has 8 heteroatoms. The average Bonchev–Trinajstić information content (AvgIpc) is 2.72. The molecule has 0 unspecified atom stereocenters. The molecule has 29 heavy (non-hydrogen) atoms. The van der Waals surface area contributed by atoms with Crippen LogP contribution in [0.25, 0.3) is 0 Å². The lowest BCUT2D eigenvalue weighted by molar-refractivity contribution is 0.129. The third-order valence-electron chi connectivity index (χ3n) is 5.66. The van der Waals surface area contributed by atoms with Crippen molar-refractivity contribution in [1.29, 1.82) is 0 Å². The SMILES string of the molecule is CCNC(=NCC1CCN(S(C)(=O)=O)CC1)N1CCC(Oc2ccccc2)CC1. The predicted molar refractivity (Wildman–Crippen MR) is 117 cm³/mol. The molecule has 2 aliphatic rings. The Morgan fingerprint density at radius 2 is 1.76 bits per heavy atom. The van der Waals surface area contributed by atoms with E-state index in [0.717, 1.165) is 63.6 Å². The lowest BCUT2D eigenvalue weighted by Crippen LogP contribution is -2.47. The summed E-state index contributed by atoms with van der Waals surface area (Å²) in [5.41, 5.74) is 0. The van der Waals surface area contributed by atoms with E-state index in [0.29, 0.717) is 19.0 Å². The molecule has 0 atom stereocenters. The standard InChI is InChI=1S/C21H34N4O3S/c1-3-22-21(23-17-18-9-15-25(16-10-18)29(2,26)27)24-13-11-20(12-14-24)28-19-7-5-4-6-8-19/h4-8,18,20H,3,9-17H2,1-2H3,(H,22,23). The summed E-state index contributed by atoms with van der Waals surface area (Å²) in [7, 11) is -3.07. The highest BCUT2D eigenvalue weighted by Crippen LogP contribution is 2.21. The van der Waals surface area contributed by atoms with E-state index in [-0.39, 0.29) is 6.10 Å². The van der Waals surface area contributed by atoms with Crippen LogP contribution in [0.4, 0.5) is 0 Å². The highest BCUT2D eigenvalue weighted by molar-refractivity contribution is 7.88. The topological polar surface area (TPSA) is 74.2 Å². The number of ether oxygens (including phenoxy) is 1. The number of rotatable bonds is 6. The Balaban J connectivity index is 1.48. The second kappa shape index (κ2) is 10.3. The maximum atomic E-state index is 11.7. The van der Waals surface area contributed by atoms with Crippen molar-refractivity contribution < 1.29 is 13.2 Å². The van der Waals surface area contributed by atoms with Crippen LogP contribution in [0, 0.1) is 5.92 Å². The second-order valence-electron chi connectivity index (χ2n) is 7.92. The van der Waals surface area contributed by atoms with E-state index in [1.807, 2.05) is 30.3 Å². The zero-order chi connectivity index (χ0) is 20.7. The van der Waals surface area contributed by atoms with Crippen LogP contribution in [0.1, 0.15) is 32.6 Å². The van der Waals surface area contributed by atoms with Crippen LogP contribution >= 0.6 is 0 Å². The lowest BCUT2D eigenvalue weighted by Gasteiger charge is -2.35. The van der Waals surface area contributed by atoms with E-state index in [1.165, 1.54) is 6.26 Å². The number of guanidine groups is 1. The first-order valence-corrected chi connectivity index (χ1v) is 12.5. The minimum atomic E-state index is -3.07. The van der Waals surface area contributed by atoms with Crippen LogP contribution in [-0.2, 0) is 10.0 Å². The fourth-order valence-electron chi connectivity index (χ4n) is 3.94. The van der Waals surface area contributed by atoms with E-state index in [4.69, 9.17) is 9.73 Å². The normalized spacial score (nSPS) is 20.6. The third kappa shape index (κ3) is 6.60. The molecule has 2 saturated heterocycles. The second-order valence-corrected chi connectivity index (χ2v) is 9.90. The Labute approximate surface area is 175 Å². The van der Waals surface area contributed by atoms with Gasteiger partial charge < -0.3 is 15.0 Å². The molecule has 0 aliphatic carbocycles. The summed E-state index contributed by atoms with van der Waals surface area (Å²) in [5, 5.41) is 3.42. The Kier molecular flexibility index (Phi) is 7.77. The number of likely N-dealkylation sites (tertiary alicyclic amines) is 1. The Morgan fingerprint density at radius 3 is 2.34 bits per heavy atom. The molecule has 2 aliphatic heterocycles. The summed E-state index contributed by atoms with van der Waals surface area (Å²) in [4.78, 5) is 7.20. The molecular weight excluding hydrogens is 388 g/mol. The van der Waals surface area contributed by atoms with Crippen LogP contribution in [0.3, 0.4) is 0 Å². The molecule has 1 aromatic carbocycles. The number of nitrogens with zero attached hydrogens (tertiary/aromatic N) is 3. The predicted octanol–water partition coefficient (Wildman–Crippen LogP) is 2.17. The van der Waals surface area contributed by atoms with Gasteiger partial charge in [-0.05, 0) is 37.8 Å². The monoisotopic (exact) mass is 422 g/mol. The summed E-state index contributed by atoms with van der Waals surface area (Å²) >= 11 is 0. The van der Waals surface area contributed by atoms with Gasteiger partial charge in [0.2, 0.25) is 10.0 Å². The maximum Gasteiger partial charge on any atom is 0.211 e. The van der Waals surface area contributed by atoms with Crippen molar-refractivity contribution in [3.05, 3.63) is 30.3 Å². The van der Waals surface area contributed by atoms with Gasteiger partial charge in [-0.25, -0.2) is 12.7 Å². The van der Waals surface area contributed by atoms with E-state index < -0.39 is 10.0 Å². The number of aliphatic imine (C=N–C) groups is 1. The van der Waals surface area contributed by atoms with Gasteiger partial charge in [-0.2, -0.15) is 0 Å². The van der Waals surface area contributed by atoms with Crippen molar-refractivity contribution >= 4 is 16.0 Å². The van der Waals surface area contributed by atoms with Crippen molar-refractivity contribution in [3.8, 4) is 5.75 Å². The van der Waals surface area contributed by atoms with Gasteiger partial charge in [-0.1, -0.05) is 18.2 Å². The van der Waals surface area contributed by atoms with Crippen molar-refractivity contribution in [3.63, 3.8) is 0 Å². The van der Waals surface area contributed by atoms with Gasteiger partial charge in [0.15, 0.2) is 5.96 Å². The fourth-order valence-corrected chi connectivity index (χ4v) is 4.82. The van der Waals surface area contributed by atoms with Crippen LogP contribution < -0.4 is 10.1 Å². The van der Waals surface area contributed by atoms with Gasteiger partial charge in [-0.15, -0.1) is 0 Å². The van der Waals surface area contributed by atoms with Gasteiger partial charge in [0.1, 0.15) is 11.9 Å². The Hall–Kier alpha value is -1.80. The van der Waals surface area contributed by atoms with E-state index in [1.54, 1.807) is 4.31 Å². The lowest BCUT2D eigenvalue weighted by atomic mass is 9.98. The van der Waals surface area contributed by atoms with Crippen LogP contribution in [0.2, 0.25) is 0 Å². The van der Waals surface area contributed by atoms with Crippen LogP contribution in [0.15, 0.2) is 35.3 Å². The van der Waals surface area contributed by atoms with E-state index >= 15 is 0 Å². The summed E-state index contributed by atoms with van der Waals surface area (Å²) < 4.78 is 31.0. The van der Waals surface area contributed by atoms with E-state index in [2.05, 4.69) is 17.1 Å². The zero-order valence-electron chi connectivity index (χ0n) is 17.6. The molecule has 0 amide bonds. The molecule has 1 N–H and O–H groups in total. The largest absolute Gasteiger partial charge is 0.490 e. The van der Waals surface area contributed by atoms with Crippen molar-refractivity contribution in [2.24, 2.45) is 10.9 Å². The Morgan fingerprint density at radius 1 is 1.10 bits per heavy atom. The average molecular weight is 423 g/mol. The van der Waals surface area contributed by atoms with Crippen molar-refractivity contribution in [2.45, 2.75) is 38.7 Å². The van der Waals surface area contributed by atoms with E-state index in [9.17, 15) is 8.42 Å². The number of para-hydroxylation sites is 1. The first-order valence-electron chi connectivity index (χ1n) is 10.7. The van der Waals surface area contributed by atoms with Crippen molar-refractivity contribution in [1.82, 2.24) is 14.5 Å². The van der Waals surface area contributed by atoms with Gasteiger partial charge in [0, 0.05) is 52.1 Å². The molecule has 2 heterocycles. The highest BCUT2D eigenvalue weighted by atomic mass is 32.2. The maximum absolute atomic E-state index is 11.7. The molecule has 0 saturated carbocycles. The number of nitrogens with one attached hydrogen (secondary N) is 1. The minimum Gasteiger partial charge on any atom is -0.490 e. The molecule has 0 bridgehead atoms. The molecule has 162 valence electrons. The molecule has 3 rings (SSSR count). The number of hydrogen-bond acceptors (Lipinski definition) is 4. The molecule has 1 aromatic rings. The molecule has 0 radical (unpaired) electrons. The molecule has 0 spiro atoms. The molecular formula is C21H34N4O3S. The van der Waals surface area contributed by atoms with Gasteiger partial charge >= 0.3 is 0 Å². The van der Waals surface area contributed by atoms with Crippen molar-refractivity contribution in [2.75, 3.05) is 45.5 Å². The molecule has 2 fully saturated rings. The van der Waals surface area contributed by atoms with Gasteiger partial charge in [-0.3, -0.25) is 4.99 Å². The molecule has 7 nitrogen and oxygen atoms in total. The molecule has 0 aromatic heterocycles.